The van der Waals surface area contributed by atoms with Crippen molar-refractivity contribution in [2.24, 2.45) is 0 Å². The molecule has 0 aromatic heterocycles. The van der Waals surface area contributed by atoms with Crippen LogP contribution in [0.5, 0.6) is 0 Å². The standard InChI is InChI=1S/C26H23Cl3N4/c27-26(28,29)25(32-23-13-5-19(6-14-23)17-1-9-21(30)10-2-17)33-24-15-7-20(8-16-24)18-3-11-22(31)12-4-18/h1-16,25,32-33H,30-31H2. The molecule has 0 saturated carbocycles. The molecule has 0 fully saturated rings. The minimum absolute atomic E-state index is 0.660. The Labute approximate surface area is 208 Å². The van der Waals surface area contributed by atoms with Gasteiger partial charge in [-0.25, -0.2) is 0 Å². The largest absolute Gasteiger partial charge is 0.399 e. The average Bonchev–Trinajstić information content (AvgIpc) is 2.80. The third-order valence-electron chi connectivity index (χ3n) is 5.21. The Morgan fingerprint density at radius 3 is 1.03 bits per heavy atom. The molecule has 168 valence electrons. The highest BCUT2D eigenvalue weighted by atomic mass is 35.6. The number of rotatable bonds is 6. The molecule has 4 aromatic rings. The van der Waals surface area contributed by atoms with E-state index in [1.165, 1.54) is 0 Å². The first-order valence-corrected chi connectivity index (χ1v) is 11.4. The van der Waals surface area contributed by atoms with Gasteiger partial charge in [-0.15, -0.1) is 0 Å². The van der Waals surface area contributed by atoms with E-state index in [1.807, 2.05) is 97.1 Å². The summed E-state index contributed by atoms with van der Waals surface area (Å²) in [5.41, 5.74) is 18.9. The highest BCUT2D eigenvalue weighted by Crippen LogP contribution is 2.34. The minimum Gasteiger partial charge on any atom is -0.399 e. The summed E-state index contributed by atoms with van der Waals surface area (Å²) in [5, 5.41) is 6.53. The third-order valence-corrected chi connectivity index (χ3v) is 5.86. The van der Waals surface area contributed by atoms with Crippen LogP contribution in [0.2, 0.25) is 0 Å². The molecule has 0 aliphatic heterocycles. The van der Waals surface area contributed by atoms with Crippen molar-refractivity contribution in [3.63, 3.8) is 0 Å². The van der Waals surface area contributed by atoms with Crippen molar-refractivity contribution in [1.29, 1.82) is 0 Å². The Hall–Kier alpha value is -3.05. The highest BCUT2D eigenvalue weighted by molar-refractivity contribution is 6.68. The highest BCUT2D eigenvalue weighted by Gasteiger charge is 2.32. The average molecular weight is 498 g/mol. The number of nitrogens with two attached hydrogens (primary N) is 2. The number of halogens is 3. The lowest BCUT2D eigenvalue weighted by Gasteiger charge is -2.28. The molecule has 0 aliphatic carbocycles. The lowest BCUT2D eigenvalue weighted by Crippen LogP contribution is -2.40. The second-order valence-electron chi connectivity index (χ2n) is 7.66. The van der Waals surface area contributed by atoms with Crippen LogP contribution in [0.1, 0.15) is 0 Å². The fraction of sp³-hybridized carbons (Fsp3) is 0.0769. The summed E-state index contributed by atoms with van der Waals surface area (Å²) in [6.07, 6.45) is -0.660. The predicted octanol–water partition coefficient (Wildman–Crippen LogP) is 7.41. The van der Waals surface area contributed by atoms with Gasteiger partial charge in [0.2, 0.25) is 3.79 Å². The summed E-state index contributed by atoms with van der Waals surface area (Å²) in [6, 6.07) is 31.2. The number of hydrogen-bond donors (Lipinski definition) is 4. The molecule has 0 heterocycles. The molecule has 0 spiro atoms. The van der Waals surface area contributed by atoms with Gasteiger partial charge in [-0.2, -0.15) is 0 Å². The number of anilines is 4. The van der Waals surface area contributed by atoms with Gasteiger partial charge >= 0.3 is 0 Å². The van der Waals surface area contributed by atoms with E-state index in [2.05, 4.69) is 10.6 Å². The van der Waals surface area contributed by atoms with E-state index in [4.69, 9.17) is 46.3 Å². The molecule has 6 N–H and O–H groups in total. The second-order valence-corrected chi connectivity index (χ2v) is 10.0. The summed E-state index contributed by atoms with van der Waals surface area (Å²) >= 11 is 18.8. The predicted molar refractivity (Wildman–Crippen MR) is 144 cm³/mol. The molecule has 0 unspecified atom stereocenters. The van der Waals surface area contributed by atoms with Gasteiger partial charge in [-0.05, 0) is 70.8 Å². The molecule has 0 aliphatic rings. The molecule has 4 nitrogen and oxygen atoms in total. The number of alkyl halides is 3. The van der Waals surface area contributed by atoms with Crippen LogP contribution in [0.25, 0.3) is 22.3 Å². The Kier molecular flexibility index (Phi) is 6.89. The summed E-state index contributed by atoms with van der Waals surface area (Å²) in [5.74, 6) is 0. The number of hydrogen-bond acceptors (Lipinski definition) is 4. The molecular formula is C26H23Cl3N4. The van der Waals surface area contributed by atoms with E-state index in [0.717, 1.165) is 45.0 Å². The van der Waals surface area contributed by atoms with Crippen molar-refractivity contribution in [1.82, 2.24) is 0 Å². The fourth-order valence-corrected chi connectivity index (χ4v) is 3.73. The first-order valence-electron chi connectivity index (χ1n) is 10.3. The van der Waals surface area contributed by atoms with Gasteiger partial charge in [0.1, 0.15) is 6.17 Å². The number of nitrogen functional groups attached to an aromatic ring is 2. The van der Waals surface area contributed by atoms with Crippen LogP contribution in [-0.4, -0.2) is 9.96 Å². The van der Waals surface area contributed by atoms with Crippen molar-refractivity contribution in [2.45, 2.75) is 9.96 Å². The first kappa shape index (κ1) is 23.1. The normalized spacial score (nSPS) is 11.4. The molecule has 7 heteroatoms. The number of nitrogens with one attached hydrogen (secondary N) is 2. The van der Waals surface area contributed by atoms with Gasteiger partial charge in [0.05, 0.1) is 0 Å². The van der Waals surface area contributed by atoms with Crippen LogP contribution in [0.4, 0.5) is 22.7 Å². The molecule has 0 amide bonds. The van der Waals surface area contributed by atoms with E-state index in [-0.39, 0.29) is 0 Å². The minimum atomic E-state index is -1.59. The van der Waals surface area contributed by atoms with E-state index >= 15 is 0 Å². The number of benzene rings is 4. The summed E-state index contributed by atoms with van der Waals surface area (Å²) in [7, 11) is 0. The molecule has 0 saturated heterocycles. The topological polar surface area (TPSA) is 76.1 Å². The Morgan fingerprint density at radius 2 is 0.758 bits per heavy atom. The van der Waals surface area contributed by atoms with Gasteiger partial charge in [-0.1, -0.05) is 83.3 Å². The van der Waals surface area contributed by atoms with Crippen molar-refractivity contribution >= 4 is 57.6 Å². The van der Waals surface area contributed by atoms with E-state index in [1.54, 1.807) is 0 Å². The quantitative estimate of drug-likeness (QED) is 0.127. The van der Waals surface area contributed by atoms with Crippen molar-refractivity contribution in [3.05, 3.63) is 97.1 Å². The van der Waals surface area contributed by atoms with Gasteiger partial charge < -0.3 is 22.1 Å². The summed E-state index contributed by atoms with van der Waals surface area (Å²) in [4.78, 5) is 0. The third kappa shape index (κ3) is 6.05. The van der Waals surface area contributed by atoms with Crippen LogP contribution < -0.4 is 22.1 Å². The first-order chi connectivity index (χ1) is 15.8. The fourth-order valence-electron chi connectivity index (χ4n) is 3.40. The Morgan fingerprint density at radius 1 is 0.485 bits per heavy atom. The van der Waals surface area contributed by atoms with Gasteiger partial charge in [0.25, 0.3) is 0 Å². The molecule has 4 rings (SSSR count). The van der Waals surface area contributed by atoms with Gasteiger partial charge in [0, 0.05) is 22.7 Å². The van der Waals surface area contributed by atoms with Crippen molar-refractivity contribution in [3.8, 4) is 22.3 Å². The van der Waals surface area contributed by atoms with Crippen LogP contribution in [0.15, 0.2) is 97.1 Å². The molecule has 0 bridgehead atoms. The van der Waals surface area contributed by atoms with E-state index in [9.17, 15) is 0 Å². The second kappa shape index (κ2) is 9.84. The van der Waals surface area contributed by atoms with Crippen LogP contribution in [0.3, 0.4) is 0 Å². The van der Waals surface area contributed by atoms with E-state index in [0.29, 0.717) is 0 Å². The zero-order chi connectivity index (χ0) is 23.4. The molecule has 33 heavy (non-hydrogen) atoms. The Balaban J connectivity index is 1.47. The van der Waals surface area contributed by atoms with Crippen LogP contribution in [-0.2, 0) is 0 Å². The van der Waals surface area contributed by atoms with Gasteiger partial charge in [-0.3, -0.25) is 0 Å². The molecule has 0 atom stereocenters. The zero-order valence-corrected chi connectivity index (χ0v) is 19.9. The monoisotopic (exact) mass is 496 g/mol. The van der Waals surface area contributed by atoms with E-state index < -0.39 is 9.96 Å². The maximum Gasteiger partial charge on any atom is 0.228 e. The van der Waals surface area contributed by atoms with Crippen LogP contribution >= 0.6 is 34.8 Å². The molecule has 0 radical (unpaired) electrons. The maximum atomic E-state index is 6.27. The SMILES string of the molecule is Nc1ccc(-c2ccc(NC(Nc3ccc(-c4ccc(N)cc4)cc3)C(Cl)(Cl)Cl)cc2)cc1. The lowest BCUT2D eigenvalue weighted by molar-refractivity contribution is 0.838. The van der Waals surface area contributed by atoms with Gasteiger partial charge in [0.15, 0.2) is 0 Å². The van der Waals surface area contributed by atoms with Crippen molar-refractivity contribution < 1.29 is 0 Å². The summed E-state index contributed by atoms with van der Waals surface area (Å²) < 4.78 is -1.59. The van der Waals surface area contributed by atoms with Crippen molar-refractivity contribution in [2.75, 3.05) is 22.1 Å². The summed E-state index contributed by atoms with van der Waals surface area (Å²) in [6.45, 7) is 0. The molecule has 4 aromatic carbocycles. The van der Waals surface area contributed by atoms with Crippen LogP contribution in [0, 0.1) is 0 Å². The zero-order valence-electron chi connectivity index (χ0n) is 17.6. The Bertz CT molecular complexity index is 1090. The smallest absolute Gasteiger partial charge is 0.228 e. The molecular weight excluding hydrogens is 475 g/mol. The lowest BCUT2D eigenvalue weighted by atomic mass is 10.0. The maximum absolute atomic E-state index is 6.27.